The fourth-order valence-corrected chi connectivity index (χ4v) is 2.15. The largest absolute Gasteiger partial charge is 0.340 e. The van der Waals surface area contributed by atoms with Gasteiger partial charge in [0.15, 0.2) is 11.9 Å². The summed E-state index contributed by atoms with van der Waals surface area (Å²) in [5, 5.41) is 10.2. The van der Waals surface area contributed by atoms with E-state index in [1.54, 1.807) is 12.1 Å². The van der Waals surface area contributed by atoms with Gasteiger partial charge in [0.05, 0.1) is 30.1 Å². The third-order valence-corrected chi connectivity index (χ3v) is 3.09. The summed E-state index contributed by atoms with van der Waals surface area (Å²) >= 11 is 0. The molecule has 0 aliphatic carbocycles. The molecule has 0 saturated carbocycles. The zero-order valence-corrected chi connectivity index (χ0v) is 11.0. The number of nitrogens with zero attached hydrogens (tertiary/aromatic N) is 4. The molecule has 1 atom stereocenters. The summed E-state index contributed by atoms with van der Waals surface area (Å²) in [6.45, 7) is 0.437. The number of rotatable bonds is 3. The Hall–Kier alpha value is -2.43. The Labute approximate surface area is 115 Å². The second-order valence-electron chi connectivity index (χ2n) is 4.46. The molecule has 3 rings (SSSR count). The number of aromatic amines is 1. The van der Waals surface area contributed by atoms with E-state index in [1.165, 1.54) is 0 Å². The number of aliphatic imine (C=N–C) groups is 1. The molecular weight excluding hydrogens is 256 g/mol. The summed E-state index contributed by atoms with van der Waals surface area (Å²) in [4.78, 5) is 17.4. The van der Waals surface area contributed by atoms with Crippen LogP contribution in [0.2, 0.25) is 0 Å². The van der Waals surface area contributed by atoms with E-state index in [9.17, 15) is 0 Å². The van der Waals surface area contributed by atoms with Crippen LogP contribution in [0.3, 0.4) is 0 Å². The minimum atomic E-state index is -0.221. The summed E-state index contributed by atoms with van der Waals surface area (Å²) in [6, 6.07) is 9.67. The highest BCUT2D eigenvalue weighted by atomic mass is 16.8. The quantitative estimate of drug-likeness (QED) is 0.820. The first-order valence-electron chi connectivity index (χ1n) is 6.31. The number of nitrogens with one attached hydrogen (secondary N) is 2. The maximum absolute atomic E-state index is 8.57. The van der Waals surface area contributed by atoms with Crippen molar-refractivity contribution >= 4 is 16.9 Å². The second-order valence-corrected chi connectivity index (χ2v) is 4.46. The van der Waals surface area contributed by atoms with Gasteiger partial charge in [-0.25, -0.2) is 10.5 Å². The smallest absolute Gasteiger partial charge is 0.154 e. The monoisotopic (exact) mass is 270 g/mol. The normalized spacial score (nSPS) is 21.2. The maximum atomic E-state index is 8.57. The van der Waals surface area contributed by atoms with E-state index in [2.05, 4.69) is 26.5 Å². The predicted molar refractivity (Wildman–Crippen MR) is 73.4 cm³/mol. The van der Waals surface area contributed by atoms with Gasteiger partial charge in [0, 0.05) is 7.05 Å². The van der Waals surface area contributed by atoms with Crippen molar-refractivity contribution in [2.75, 3.05) is 13.6 Å². The SMILES string of the molecule is CN1ONC(=NCCC#N)C1c1nc2ccccc2[nH]1. The Kier molecular flexibility index (Phi) is 3.33. The topological polar surface area (TPSA) is 89.3 Å². The molecule has 1 aliphatic heterocycles. The number of para-hydroxylation sites is 2. The number of aromatic nitrogens is 2. The second kappa shape index (κ2) is 5.28. The van der Waals surface area contributed by atoms with Gasteiger partial charge >= 0.3 is 0 Å². The number of benzene rings is 1. The third kappa shape index (κ3) is 2.22. The molecule has 0 bridgehead atoms. The molecule has 2 N–H and O–H groups in total. The molecule has 2 heterocycles. The van der Waals surface area contributed by atoms with Crippen LogP contribution in [-0.2, 0) is 4.94 Å². The van der Waals surface area contributed by atoms with Crippen LogP contribution in [0.4, 0.5) is 0 Å². The lowest BCUT2D eigenvalue weighted by atomic mass is 10.2. The lowest BCUT2D eigenvalue weighted by Crippen LogP contribution is -2.23. The number of fused-ring (bicyclic) bond motifs is 1. The molecule has 1 aromatic carbocycles. The Morgan fingerprint density at radius 2 is 2.35 bits per heavy atom. The van der Waals surface area contributed by atoms with Crippen LogP contribution in [0.1, 0.15) is 18.3 Å². The predicted octanol–water partition coefficient (Wildman–Crippen LogP) is 1.30. The molecule has 0 spiro atoms. The molecular formula is C13H14N6O. The van der Waals surface area contributed by atoms with Gasteiger partial charge in [-0.1, -0.05) is 12.1 Å². The van der Waals surface area contributed by atoms with E-state index in [0.29, 0.717) is 18.8 Å². The van der Waals surface area contributed by atoms with Crippen LogP contribution in [0, 0.1) is 11.3 Å². The molecule has 1 fully saturated rings. The van der Waals surface area contributed by atoms with E-state index in [1.807, 2.05) is 24.3 Å². The highest BCUT2D eigenvalue weighted by Gasteiger charge is 2.33. The highest BCUT2D eigenvalue weighted by molar-refractivity contribution is 5.89. The average Bonchev–Trinajstić information content (AvgIpc) is 3.02. The first kappa shape index (κ1) is 12.6. The van der Waals surface area contributed by atoms with Crippen molar-refractivity contribution < 1.29 is 4.94 Å². The average molecular weight is 270 g/mol. The van der Waals surface area contributed by atoms with Gasteiger partial charge in [-0.2, -0.15) is 10.2 Å². The van der Waals surface area contributed by atoms with Crippen LogP contribution in [0.5, 0.6) is 0 Å². The number of amidine groups is 1. The van der Waals surface area contributed by atoms with Crippen molar-refractivity contribution in [1.29, 1.82) is 5.26 Å². The van der Waals surface area contributed by atoms with Crippen molar-refractivity contribution in [3.05, 3.63) is 30.1 Å². The fourth-order valence-electron chi connectivity index (χ4n) is 2.15. The summed E-state index contributed by atoms with van der Waals surface area (Å²) < 4.78 is 0. The number of H-pyrrole nitrogens is 1. The molecule has 7 heteroatoms. The van der Waals surface area contributed by atoms with Gasteiger partial charge in [-0.05, 0) is 12.1 Å². The van der Waals surface area contributed by atoms with Crippen LogP contribution in [-0.4, -0.2) is 34.5 Å². The van der Waals surface area contributed by atoms with E-state index in [-0.39, 0.29) is 6.04 Å². The Bertz CT molecular complexity index is 652. The summed E-state index contributed by atoms with van der Waals surface area (Å²) in [7, 11) is 1.80. The summed E-state index contributed by atoms with van der Waals surface area (Å²) in [6.07, 6.45) is 0.377. The van der Waals surface area contributed by atoms with Gasteiger partial charge in [-0.15, -0.1) is 5.06 Å². The highest BCUT2D eigenvalue weighted by Crippen LogP contribution is 2.24. The molecule has 0 radical (unpaired) electrons. The van der Waals surface area contributed by atoms with E-state index in [0.717, 1.165) is 16.9 Å². The molecule has 102 valence electrons. The molecule has 0 amide bonds. The van der Waals surface area contributed by atoms with Gasteiger partial charge in [-0.3, -0.25) is 4.99 Å². The maximum Gasteiger partial charge on any atom is 0.154 e. The third-order valence-electron chi connectivity index (χ3n) is 3.09. The van der Waals surface area contributed by atoms with Crippen molar-refractivity contribution in [3.63, 3.8) is 0 Å². The number of nitriles is 1. The Morgan fingerprint density at radius 3 is 3.15 bits per heavy atom. The summed E-state index contributed by atoms with van der Waals surface area (Å²) in [5.41, 5.74) is 4.64. The van der Waals surface area contributed by atoms with Gasteiger partial charge < -0.3 is 4.98 Å². The molecule has 2 aromatic rings. The van der Waals surface area contributed by atoms with Gasteiger partial charge in [0.25, 0.3) is 0 Å². The number of likely N-dealkylation sites (N-methyl/N-ethyl adjacent to an activating group) is 1. The van der Waals surface area contributed by atoms with Crippen LogP contribution >= 0.6 is 0 Å². The standard InChI is InChI=1S/C13H14N6O/c1-19-11(12(18-20-19)15-8-4-7-14)13-16-9-5-2-3-6-10(9)17-13/h2-3,5-6,11H,4,8H2,1H3,(H,15,18)(H,16,17). The molecule has 1 aromatic heterocycles. The number of hydrogen-bond acceptors (Lipinski definition) is 5. The van der Waals surface area contributed by atoms with Crippen molar-refractivity contribution in [2.45, 2.75) is 12.5 Å². The minimum absolute atomic E-state index is 0.221. The van der Waals surface area contributed by atoms with Crippen molar-refractivity contribution in [3.8, 4) is 6.07 Å². The van der Waals surface area contributed by atoms with Gasteiger partial charge in [0.1, 0.15) is 5.82 Å². The van der Waals surface area contributed by atoms with E-state index >= 15 is 0 Å². The molecule has 1 unspecified atom stereocenters. The van der Waals surface area contributed by atoms with Crippen LogP contribution in [0.25, 0.3) is 11.0 Å². The van der Waals surface area contributed by atoms with E-state index < -0.39 is 0 Å². The fraction of sp³-hybridized carbons (Fsp3) is 0.308. The van der Waals surface area contributed by atoms with Crippen LogP contribution < -0.4 is 5.48 Å². The lowest BCUT2D eigenvalue weighted by Gasteiger charge is -2.11. The lowest BCUT2D eigenvalue weighted by molar-refractivity contribution is -0.155. The molecule has 1 aliphatic rings. The number of hydrogen-bond donors (Lipinski definition) is 2. The Morgan fingerprint density at radius 1 is 1.50 bits per heavy atom. The number of hydroxylamine groups is 3. The molecule has 7 nitrogen and oxygen atoms in total. The van der Waals surface area contributed by atoms with Crippen molar-refractivity contribution in [2.24, 2.45) is 4.99 Å². The molecule has 20 heavy (non-hydrogen) atoms. The zero-order chi connectivity index (χ0) is 13.9. The van der Waals surface area contributed by atoms with E-state index in [4.69, 9.17) is 10.2 Å². The minimum Gasteiger partial charge on any atom is -0.340 e. The summed E-state index contributed by atoms with van der Waals surface area (Å²) in [5.74, 6) is 1.41. The van der Waals surface area contributed by atoms with Gasteiger partial charge in [0.2, 0.25) is 0 Å². The first-order chi connectivity index (χ1) is 9.79. The Balaban J connectivity index is 1.93. The molecule has 1 saturated heterocycles. The zero-order valence-electron chi connectivity index (χ0n) is 11.0. The number of imidazole rings is 1. The van der Waals surface area contributed by atoms with Crippen molar-refractivity contribution in [1.82, 2.24) is 20.5 Å². The first-order valence-corrected chi connectivity index (χ1v) is 6.31. The van der Waals surface area contributed by atoms with Crippen LogP contribution in [0.15, 0.2) is 29.3 Å².